The topological polar surface area (TPSA) is 64.1 Å². The number of nitrogens with zero attached hydrogens (tertiary/aromatic N) is 2. The molecular formula is C14H14ClN3O2. The summed E-state index contributed by atoms with van der Waals surface area (Å²) in [5, 5.41) is 2.83. The van der Waals surface area contributed by atoms with Crippen LogP contribution in [0.15, 0.2) is 30.3 Å². The molecule has 0 fully saturated rings. The van der Waals surface area contributed by atoms with Crippen molar-refractivity contribution >= 4 is 23.5 Å². The van der Waals surface area contributed by atoms with Crippen LogP contribution < -0.4 is 10.1 Å². The van der Waals surface area contributed by atoms with E-state index >= 15 is 0 Å². The Morgan fingerprint density at radius 3 is 2.80 bits per heavy atom. The predicted molar refractivity (Wildman–Crippen MR) is 77.4 cm³/mol. The van der Waals surface area contributed by atoms with Gasteiger partial charge in [-0.25, -0.2) is 4.98 Å². The van der Waals surface area contributed by atoms with Crippen molar-refractivity contribution < 1.29 is 9.53 Å². The summed E-state index contributed by atoms with van der Waals surface area (Å²) in [4.78, 5) is 20.2. The molecule has 1 aromatic carbocycles. The molecule has 0 unspecified atom stereocenters. The van der Waals surface area contributed by atoms with E-state index in [4.69, 9.17) is 16.3 Å². The number of anilines is 1. The molecule has 0 aliphatic carbocycles. The number of aryl methyl sites for hydroxylation is 1. The van der Waals surface area contributed by atoms with Crippen molar-refractivity contribution in [2.45, 2.75) is 13.3 Å². The number of hydrogen-bond acceptors (Lipinski definition) is 4. The molecule has 0 saturated heterocycles. The van der Waals surface area contributed by atoms with Crippen LogP contribution in [0.5, 0.6) is 5.88 Å². The number of aromatic nitrogens is 2. The van der Waals surface area contributed by atoms with Gasteiger partial charge in [0.15, 0.2) is 0 Å². The van der Waals surface area contributed by atoms with E-state index in [2.05, 4.69) is 15.3 Å². The molecular weight excluding hydrogens is 278 g/mol. The van der Waals surface area contributed by atoms with Crippen molar-refractivity contribution in [3.63, 3.8) is 0 Å². The average Bonchev–Trinajstić information content (AvgIpc) is 2.46. The summed E-state index contributed by atoms with van der Waals surface area (Å²) in [6.45, 7) is 1.99. The number of hydrogen-bond donors (Lipinski definition) is 1. The first kappa shape index (κ1) is 14.3. The first-order chi connectivity index (χ1) is 9.63. The van der Waals surface area contributed by atoms with Crippen molar-refractivity contribution in [1.29, 1.82) is 0 Å². The Morgan fingerprint density at radius 2 is 2.10 bits per heavy atom. The second-order valence-electron chi connectivity index (χ2n) is 4.02. The second-order valence-corrected chi connectivity index (χ2v) is 4.41. The van der Waals surface area contributed by atoms with Gasteiger partial charge in [0.25, 0.3) is 5.91 Å². The summed E-state index contributed by atoms with van der Waals surface area (Å²) >= 11 is 5.83. The van der Waals surface area contributed by atoms with Crippen molar-refractivity contribution in [3.05, 3.63) is 46.6 Å². The summed E-state index contributed by atoms with van der Waals surface area (Å²) in [5.74, 6) is 0.140. The van der Waals surface area contributed by atoms with E-state index in [1.165, 1.54) is 13.2 Å². The van der Waals surface area contributed by atoms with Crippen LogP contribution in [-0.2, 0) is 6.42 Å². The number of amides is 1. The summed E-state index contributed by atoms with van der Waals surface area (Å²) in [7, 11) is 1.47. The molecule has 0 saturated carbocycles. The molecule has 0 atom stereocenters. The van der Waals surface area contributed by atoms with Gasteiger partial charge >= 0.3 is 0 Å². The van der Waals surface area contributed by atoms with Crippen LogP contribution in [-0.4, -0.2) is 23.0 Å². The highest BCUT2D eigenvalue weighted by atomic mass is 35.5. The van der Waals surface area contributed by atoms with E-state index in [-0.39, 0.29) is 17.0 Å². The van der Waals surface area contributed by atoms with Crippen molar-refractivity contribution in [1.82, 2.24) is 9.97 Å². The molecule has 0 aliphatic rings. The second kappa shape index (κ2) is 6.34. The Kier molecular flexibility index (Phi) is 4.53. The molecule has 2 rings (SSSR count). The van der Waals surface area contributed by atoms with E-state index < -0.39 is 0 Å². The zero-order chi connectivity index (χ0) is 14.5. The number of halogens is 1. The zero-order valence-corrected chi connectivity index (χ0v) is 11.9. The summed E-state index contributed by atoms with van der Waals surface area (Å²) < 4.78 is 4.98. The van der Waals surface area contributed by atoms with Gasteiger partial charge < -0.3 is 4.74 Å². The Hall–Kier alpha value is -2.14. The molecule has 1 heterocycles. The number of carbonyl (C=O) groups excluding carboxylic acids is 1. The molecule has 0 aliphatic heterocycles. The zero-order valence-electron chi connectivity index (χ0n) is 11.2. The van der Waals surface area contributed by atoms with Crippen LogP contribution in [0.2, 0.25) is 5.15 Å². The predicted octanol–water partition coefficient (Wildman–Crippen LogP) is 2.95. The minimum absolute atomic E-state index is 0.116. The Labute approximate surface area is 122 Å². The average molecular weight is 292 g/mol. The third-order valence-corrected chi connectivity index (χ3v) is 2.94. The maximum atomic E-state index is 12.2. The first-order valence-electron chi connectivity index (χ1n) is 6.12. The van der Waals surface area contributed by atoms with Gasteiger partial charge in [-0.3, -0.25) is 10.1 Å². The van der Waals surface area contributed by atoms with E-state index in [9.17, 15) is 4.79 Å². The minimum atomic E-state index is -0.272. The normalized spacial score (nSPS) is 10.2. The molecule has 1 N–H and O–H groups in total. The van der Waals surface area contributed by atoms with E-state index in [0.717, 1.165) is 12.0 Å². The maximum Gasteiger partial charge on any atom is 0.258 e. The van der Waals surface area contributed by atoms with Crippen LogP contribution in [0.1, 0.15) is 22.8 Å². The molecule has 20 heavy (non-hydrogen) atoms. The van der Waals surface area contributed by atoms with Crippen molar-refractivity contribution in [2.24, 2.45) is 0 Å². The highest BCUT2D eigenvalue weighted by Gasteiger charge is 2.12. The quantitative estimate of drug-likeness (QED) is 0.880. The van der Waals surface area contributed by atoms with Gasteiger partial charge in [-0.2, -0.15) is 4.98 Å². The number of ether oxygens (including phenoxy) is 1. The van der Waals surface area contributed by atoms with Crippen LogP contribution in [0.3, 0.4) is 0 Å². The highest BCUT2D eigenvalue weighted by molar-refractivity contribution is 6.29. The number of carbonyl (C=O) groups is 1. The van der Waals surface area contributed by atoms with E-state index in [0.29, 0.717) is 11.4 Å². The monoisotopic (exact) mass is 291 g/mol. The maximum absolute atomic E-state index is 12.2. The van der Waals surface area contributed by atoms with Gasteiger partial charge in [-0.15, -0.1) is 0 Å². The summed E-state index contributed by atoms with van der Waals surface area (Å²) in [6, 6.07) is 8.85. The lowest BCUT2D eigenvalue weighted by molar-refractivity contribution is 0.102. The minimum Gasteiger partial charge on any atom is -0.481 e. The van der Waals surface area contributed by atoms with Crippen LogP contribution in [0.25, 0.3) is 0 Å². The molecule has 1 aromatic heterocycles. The fourth-order valence-electron chi connectivity index (χ4n) is 1.78. The summed E-state index contributed by atoms with van der Waals surface area (Å²) in [6.07, 6.45) is 0.767. The number of rotatable bonds is 4. The molecule has 5 nitrogen and oxygen atoms in total. The molecule has 0 spiro atoms. The Morgan fingerprint density at radius 1 is 1.35 bits per heavy atom. The third-order valence-electron chi connectivity index (χ3n) is 2.75. The van der Waals surface area contributed by atoms with Gasteiger partial charge in [-0.05, 0) is 18.1 Å². The van der Waals surface area contributed by atoms with Crippen molar-refractivity contribution in [2.75, 3.05) is 12.4 Å². The van der Waals surface area contributed by atoms with Gasteiger partial charge in [0.2, 0.25) is 11.8 Å². The van der Waals surface area contributed by atoms with Gasteiger partial charge in [0, 0.05) is 11.6 Å². The fourth-order valence-corrected chi connectivity index (χ4v) is 1.95. The lowest BCUT2D eigenvalue weighted by Crippen LogP contribution is -2.16. The Bertz CT molecular complexity index is 632. The third kappa shape index (κ3) is 3.24. The standard InChI is InChI=1S/C14H14ClN3O2/c1-3-9-6-4-5-7-10(9)13(19)18-14-16-11(15)8-12(17-14)20-2/h4-8H,3H2,1-2H3,(H,16,17,18,19). The number of methoxy groups -OCH3 is 1. The smallest absolute Gasteiger partial charge is 0.258 e. The van der Waals surface area contributed by atoms with Crippen molar-refractivity contribution in [3.8, 4) is 5.88 Å². The molecule has 104 valence electrons. The van der Waals surface area contributed by atoms with Crippen LogP contribution in [0.4, 0.5) is 5.95 Å². The number of nitrogens with one attached hydrogen (secondary N) is 1. The van der Waals surface area contributed by atoms with Gasteiger partial charge in [0.05, 0.1) is 7.11 Å². The van der Waals surface area contributed by atoms with Gasteiger partial charge in [-0.1, -0.05) is 36.7 Å². The molecule has 0 radical (unpaired) electrons. The molecule has 0 bridgehead atoms. The first-order valence-corrected chi connectivity index (χ1v) is 6.49. The van der Waals surface area contributed by atoms with Crippen LogP contribution >= 0.6 is 11.6 Å². The SMILES string of the molecule is CCc1ccccc1C(=O)Nc1nc(Cl)cc(OC)n1. The Balaban J connectivity index is 2.25. The fraction of sp³-hybridized carbons (Fsp3) is 0.214. The molecule has 6 heteroatoms. The molecule has 2 aromatic rings. The number of benzene rings is 1. The molecule has 1 amide bonds. The largest absolute Gasteiger partial charge is 0.481 e. The van der Waals surface area contributed by atoms with E-state index in [1.54, 1.807) is 6.07 Å². The van der Waals surface area contributed by atoms with E-state index in [1.807, 2.05) is 25.1 Å². The lowest BCUT2D eigenvalue weighted by Gasteiger charge is -2.08. The van der Waals surface area contributed by atoms with Crippen LogP contribution in [0, 0.1) is 0 Å². The highest BCUT2D eigenvalue weighted by Crippen LogP contribution is 2.17. The van der Waals surface area contributed by atoms with Gasteiger partial charge in [0.1, 0.15) is 5.15 Å². The summed E-state index contributed by atoms with van der Waals surface area (Å²) in [5.41, 5.74) is 1.55. The lowest BCUT2D eigenvalue weighted by atomic mass is 10.1.